The van der Waals surface area contributed by atoms with Crippen molar-refractivity contribution < 1.29 is 46.7 Å². The highest BCUT2D eigenvalue weighted by Gasteiger charge is 2.45. The number of amides is 7. The Morgan fingerprint density at radius 1 is 0.851 bits per heavy atom. The van der Waals surface area contributed by atoms with Gasteiger partial charge in [0, 0.05) is 54.1 Å². The van der Waals surface area contributed by atoms with Gasteiger partial charge in [-0.3, -0.25) is 47.8 Å². The summed E-state index contributed by atoms with van der Waals surface area (Å²) >= 11 is 1.22. The summed E-state index contributed by atoms with van der Waals surface area (Å²) in [6.45, 7) is 0.937. The molecule has 1 unspecified atom stereocenters. The van der Waals surface area contributed by atoms with Crippen LogP contribution in [0.3, 0.4) is 0 Å². The minimum absolute atomic E-state index is 0.0388. The zero-order chi connectivity index (χ0) is 47.5. The van der Waals surface area contributed by atoms with Crippen molar-refractivity contribution in [3.05, 3.63) is 124 Å². The van der Waals surface area contributed by atoms with Crippen LogP contribution in [0, 0.1) is 0 Å². The van der Waals surface area contributed by atoms with Crippen molar-refractivity contribution in [1.29, 1.82) is 0 Å². The number of anilines is 2. The van der Waals surface area contributed by atoms with Gasteiger partial charge in [-0.2, -0.15) is 0 Å². The molecule has 0 radical (unpaired) electrons. The lowest BCUT2D eigenvalue weighted by Crippen LogP contribution is -2.54. The summed E-state index contributed by atoms with van der Waals surface area (Å²) in [5.74, 6) is -3.62. The third-order valence-corrected chi connectivity index (χ3v) is 12.9. The summed E-state index contributed by atoms with van der Waals surface area (Å²) in [5.41, 5.74) is 3.79. The summed E-state index contributed by atoms with van der Waals surface area (Å²) in [6.07, 6.45) is 9.01. The molecule has 1 saturated heterocycles. The minimum atomic E-state index is -3.63. The lowest BCUT2D eigenvalue weighted by atomic mass is 10.0. The Bertz CT molecular complexity index is 2760. The molecule has 18 nitrogen and oxygen atoms in total. The van der Waals surface area contributed by atoms with E-state index in [0.29, 0.717) is 35.2 Å². The van der Waals surface area contributed by atoms with Gasteiger partial charge < -0.3 is 26.0 Å². The van der Waals surface area contributed by atoms with Crippen LogP contribution in [-0.2, 0) is 35.8 Å². The lowest BCUT2D eigenvalue weighted by molar-refractivity contribution is -0.136. The van der Waals surface area contributed by atoms with E-state index in [1.807, 2.05) is 30.3 Å². The Morgan fingerprint density at radius 3 is 2.30 bits per heavy atom. The number of piperidine rings is 1. The Hall–Kier alpha value is -7.03. The molecule has 20 heteroatoms. The van der Waals surface area contributed by atoms with E-state index in [4.69, 9.17) is 4.74 Å². The van der Waals surface area contributed by atoms with Gasteiger partial charge in [-0.1, -0.05) is 74.2 Å². The topological polar surface area (TPSA) is 244 Å². The van der Waals surface area contributed by atoms with E-state index in [1.54, 1.807) is 47.8 Å². The first-order valence-electron chi connectivity index (χ1n) is 21.8. The van der Waals surface area contributed by atoms with Crippen LogP contribution in [0.1, 0.15) is 98.4 Å². The number of thiazole rings is 1. The minimum Gasteiger partial charge on any atom is -0.384 e. The zero-order valence-corrected chi connectivity index (χ0v) is 38.3. The molecular formula is C47H50N8O10S2. The molecule has 3 aromatic carbocycles. The number of hydrogen-bond donors (Lipinski definition) is 5. The average molecular weight is 951 g/mol. The third-order valence-electron chi connectivity index (χ3n) is 11.2. The van der Waals surface area contributed by atoms with Crippen molar-refractivity contribution in [3.63, 3.8) is 0 Å². The summed E-state index contributed by atoms with van der Waals surface area (Å²) in [5, 5.41) is 15.9. The van der Waals surface area contributed by atoms with Crippen molar-refractivity contribution in [2.45, 2.75) is 70.1 Å². The monoisotopic (exact) mass is 950 g/mol. The van der Waals surface area contributed by atoms with Gasteiger partial charge >= 0.3 is 0 Å². The molecule has 7 rings (SSSR count). The first kappa shape index (κ1) is 47.9. The zero-order valence-electron chi connectivity index (χ0n) is 36.6. The van der Waals surface area contributed by atoms with Gasteiger partial charge in [-0.05, 0) is 55.2 Å². The SMILES string of the molecule is CS(=O)(=O)n1ccc(C(=O)N[C@@H](COCc2ccc(C(=O)NCCCCCCCCNc3cccc4c3C(=O)N(C3CCC(=O)NC3=O)C4=O)cc2)C(=O)Nc2nc(-c3ccccc3)cs2)c1. The fourth-order valence-electron chi connectivity index (χ4n) is 7.60. The van der Waals surface area contributed by atoms with Crippen LogP contribution in [-0.4, -0.2) is 102 Å². The number of benzene rings is 3. The number of nitrogens with zero attached hydrogens (tertiary/aromatic N) is 3. The Labute approximate surface area is 390 Å². The maximum atomic E-state index is 13.5. The Kier molecular flexibility index (Phi) is 15.7. The normalized spacial score (nSPS) is 15.2. The number of nitrogens with one attached hydrogen (secondary N) is 5. The van der Waals surface area contributed by atoms with E-state index in [9.17, 15) is 42.0 Å². The third kappa shape index (κ3) is 12.3. The van der Waals surface area contributed by atoms with E-state index in [2.05, 4.69) is 31.6 Å². The standard InChI is InChI=1S/C47H50N8O10S2/c1-67(63,64)54-25-22-33(26-54)42(58)50-36(43(59)53-47-51-37(29-66-47)31-12-7-6-8-13-31)28-65-27-30-16-18-32(19-17-30)41(57)49-24-10-5-3-2-4-9-23-48-35-15-11-14-34-40(35)46(62)55(45(34)61)38-20-21-39(56)52-44(38)60/h6-8,11-19,22,25-26,29,36,38,48H,2-5,9-10,20-21,23-24,27-28H2,1H3,(H,49,57)(H,50,58)(H,51,53,59)(H,52,56,60)/t36-,38?/m0/s1. The van der Waals surface area contributed by atoms with E-state index in [0.717, 1.165) is 71.0 Å². The van der Waals surface area contributed by atoms with Crippen molar-refractivity contribution in [2.24, 2.45) is 0 Å². The molecule has 2 aliphatic heterocycles. The van der Waals surface area contributed by atoms with Crippen LogP contribution < -0.4 is 26.6 Å². The van der Waals surface area contributed by atoms with Crippen molar-refractivity contribution in [1.82, 2.24) is 29.8 Å². The second kappa shape index (κ2) is 22.0. The van der Waals surface area contributed by atoms with E-state index in [-0.39, 0.29) is 48.7 Å². The molecule has 2 atom stereocenters. The number of ether oxygens (including phenoxy) is 1. The van der Waals surface area contributed by atoms with Crippen LogP contribution in [0.25, 0.3) is 11.3 Å². The van der Waals surface area contributed by atoms with Gasteiger partial charge in [0.05, 0.1) is 41.9 Å². The van der Waals surface area contributed by atoms with Gasteiger partial charge in [-0.15, -0.1) is 11.3 Å². The number of imide groups is 2. The van der Waals surface area contributed by atoms with Crippen LogP contribution in [0.2, 0.25) is 0 Å². The van der Waals surface area contributed by atoms with Crippen LogP contribution >= 0.6 is 11.3 Å². The lowest BCUT2D eigenvalue weighted by Gasteiger charge is -2.27. The number of carbonyl (C=O) groups excluding carboxylic acids is 7. The Morgan fingerprint density at radius 2 is 1.58 bits per heavy atom. The molecule has 67 heavy (non-hydrogen) atoms. The van der Waals surface area contributed by atoms with Crippen molar-refractivity contribution in [3.8, 4) is 11.3 Å². The second-order valence-electron chi connectivity index (χ2n) is 16.1. The molecular weight excluding hydrogens is 901 g/mol. The fraction of sp³-hybridized carbons (Fsp3) is 0.319. The molecule has 5 N–H and O–H groups in total. The van der Waals surface area contributed by atoms with E-state index >= 15 is 0 Å². The number of hydrogen-bond acceptors (Lipinski definition) is 13. The largest absolute Gasteiger partial charge is 0.384 e. The fourth-order valence-corrected chi connectivity index (χ4v) is 8.91. The highest BCUT2D eigenvalue weighted by molar-refractivity contribution is 7.89. The maximum absolute atomic E-state index is 13.5. The van der Waals surface area contributed by atoms with Crippen LogP contribution in [0.5, 0.6) is 0 Å². The molecule has 0 spiro atoms. The van der Waals surface area contributed by atoms with E-state index < -0.39 is 57.6 Å². The van der Waals surface area contributed by atoms with Gasteiger partial charge in [0.1, 0.15) is 12.1 Å². The predicted octanol–water partition coefficient (Wildman–Crippen LogP) is 4.96. The molecule has 350 valence electrons. The van der Waals surface area contributed by atoms with Gasteiger partial charge in [0.25, 0.3) is 29.5 Å². The maximum Gasteiger partial charge on any atom is 0.264 e. The highest BCUT2D eigenvalue weighted by Crippen LogP contribution is 2.32. The molecule has 0 saturated carbocycles. The van der Waals surface area contributed by atoms with Gasteiger partial charge in [-0.25, -0.2) is 13.4 Å². The number of rotatable bonds is 22. The van der Waals surface area contributed by atoms with Crippen LogP contribution in [0.4, 0.5) is 10.8 Å². The summed E-state index contributed by atoms with van der Waals surface area (Å²) in [6, 6.07) is 20.4. The van der Waals surface area contributed by atoms with Gasteiger partial charge in [0.2, 0.25) is 21.8 Å². The summed E-state index contributed by atoms with van der Waals surface area (Å²) in [4.78, 5) is 95.3. The molecule has 2 aliphatic rings. The number of fused-ring (bicyclic) bond motifs is 1. The smallest absolute Gasteiger partial charge is 0.264 e. The molecule has 2 aromatic heterocycles. The number of carbonyl (C=O) groups is 7. The average Bonchev–Trinajstić information content (AvgIpc) is 4.07. The Balaban J connectivity index is 0.803. The first-order valence-corrected chi connectivity index (χ1v) is 24.5. The second-order valence-corrected chi connectivity index (χ2v) is 18.8. The number of unbranched alkanes of at least 4 members (excludes halogenated alkanes) is 5. The first-order chi connectivity index (χ1) is 32.3. The molecule has 0 aliphatic carbocycles. The molecule has 0 bridgehead atoms. The van der Waals surface area contributed by atoms with Crippen LogP contribution in [0.15, 0.2) is 96.6 Å². The summed E-state index contributed by atoms with van der Waals surface area (Å²) < 4.78 is 30.7. The number of aromatic nitrogens is 2. The quantitative estimate of drug-likeness (QED) is 0.0457. The molecule has 4 heterocycles. The molecule has 1 fully saturated rings. The van der Waals surface area contributed by atoms with Crippen molar-refractivity contribution in [2.75, 3.05) is 36.6 Å². The molecule has 7 amide bonds. The van der Waals surface area contributed by atoms with Gasteiger partial charge in [0.15, 0.2) is 5.13 Å². The predicted molar refractivity (Wildman–Crippen MR) is 250 cm³/mol. The van der Waals surface area contributed by atoms with Crippen molar-refractivity contribution >= 4 is 73.5 Å². The summed E-state index contributed by atoms with van der Waals surface area (Å²) in [7, 11) is -3.63. The van der Waals surface area contributed by atoms with E-state index in [1.165, 1.54) is 23.6 Å². The molecule has 5 aromatic rings. The highest BCUT2D eigenvalue weighted by atomic mass is 32.2.